The Morgan fingerprint density at radius 1 is 1.42 bits per heavy atom. The maximum absolute atomic E-state index is 10.6. The van der Waals surface area contributed by atoms with Crippen molar-refractivity contribution in [1.29, 1.82) is 0 Å². The molecule has 0 bridgehead atoms. The van der Waals surface area contributed by atoms with Crippen molar-refractivity contribution in [2.45, 2.75) is 6.04 Å². The monoisotopic (exact) mass is 166 g/mol. The van der Waals surface area contributed by atoms with Gasteiger partial charge in [0.2, 0.25) is 5.91 Å². The van der Waals surface area contributed by atoms with E-state index in [1.807, 2.05) is 0 Å². The number of hydrogen-bond acceptors (Lipinski definition) is 2. The minimum atomic E-state index is -0.766. The summed E-state index contributed by atoms with van der Waals surface area (Å²) in [7, 11) is 0. The average molecular weight is 166 g/mol. The highest BCUT2D eigenvalue weighted by atomic mass is 16.2. The molecule has 5 nitrogen and oxygen atoms in total. The molecule has 63 valence electrons. The molecule has 0 saturated heterocycles. The van der Waals surface area contributed by atoms with Crippen LogP contribution in [0.3, 0.4) is 0 Å². The highest BCUT2D eigenvalue weighted by molar-refractivity contribution is 5.93. The van der Waals surface area contributed by atoms with Gasteiger partial charge >= 0.3 is 0 Å². The Labute approximate surface area is 69.1 Å². The lowest BCUT2D eigenvalue weighted by Crippen LogP contribution is -2.38. The second kappa shape index (κ2) is 3.08. The number of primary amides is 2. The van der Waals surface area contributed by atoms with E-state index in [1.54, 1.807) is 0 Å². The first-order valence-electron chi connectivity index (χ1n) is 3.29. The minimum absolute atomic E-state index is 0.0706. The molecule has 2 amide bonds. The van der Waals surface area contributed by atoms with Crippen molar-refractivity contribution in [3.8, 4) is 0 Å². The molecular weight excluding hydrogens is 158 g/mol. The van der Waals surface area contributed by atoms with E-state index in [2.05, 4.69) is 5.32 Å². The van der Waals surface area contributed by atoms with Gasteiger partial charge in [-0.05, 0) is 6.08 Å². The lowest BCUT2D eigenvalue weighted by molar-refractivity contribution is -0.119. The van der Waals surface area contributed by atoms with E-state index >= 15 is 0 Å². The van der Waals surface area contributed by atoms with Crippen LogP contribution in [-0.4, -0.2) is 17.9 Å². The lowest BCUT2D eigenvalue weighted by atomic mass is 10.1. The lowest BCUT2D eigenvalue weighted by Gasteiger charge is -2.13. The Hall–Kier alpha value is -1.78. The van der Waals surface area contributed by atoms with E-state index < -0.39 is 17.9 Å². The van der Waals surface area contributed by atoms with Crippen LogP contribution in [0.4, 0.5) is 0 Å². The fourth-order valence-corrected chi connectivity index (χ4v) is 0.792. The number of rotatable bonds is 2. The van der Waals surface area contributed by atoms with Crippen molar-refractivity contribution in [1.82, 2.24) is 5.32 Å². The molecule has 5 heteroatoms. The van der Waals surface area contributed by atoms with Gasteiger partial charge in [-0.1, -0.05) is 12.2 Å². The summed E-state index contributed by atoms with van der Waals surface area (Å²) in [6, 6.07) is -0.766. The molecule has 1 unspecified atom stereocenters. The third-order valence-electron chi connectivity index (χ3n) is 1.37. The molecule has 0 spiro atoms. The largest absolute Gasteiger partial charge is 0.368 e. The van der Waals surface area contributed by atoms with Crippen LogP contribution in [0, 0.1) is 0 Å². The Balaban J connectivity index is 2.74. The Morgan fingerprint density at radius 2 is 2.08 bits per heavy atom. The molecule has 4 N–H and O–H groups in total. The predicted octanol–water partition coefficient (Wildman–Crippen LogP) is -1.62. The van der Waals surface area contributed by atoms with E-state index in [-0.39, 0.29) is 5.70 Å². The maximum atomic E-state index is 10.6. The van der Waals surface area contributed by atoms with E-state index in [0.29, 0.717) is 0 Å². The van der Waals surface area contributed by atoms with Crippen molar-refractivity contribution in [3.63, 3.8) is 0 Å². The number of nitrogens with zero attached hydrogens (tertiary/aromatic N) is 1. The summed E-state index contributed by atoms with van der Waals surface area (Å²) in [5.41, 5.74) is 9.98. The number of amides is 2. The molecule has 1 radical (unpaired) electrons. The molecule has 0 aromatic rings. The van der Waals surface area contributed by atoms with E-state index in [9.17, 15) is 9.59 Å². The summed E-state index contributed by atoms with van der Waals surface area (Å²) in [4.78, 5) is 21.2. The smallest absolute Gasteiger partial charge is 0.266 e. The fraction of sp³-hybridized carbons (Fsp3) is 0.143. The number of nitrogens with two attached hydrogens (primary N) is 2. The number of carbonyl (C=O) groups excluding carboxylic acids is 2. The molecule has 0 fully saturated rings. The summed E-state index contributed by atoms with van der Waals surface area (Å²) >= 11 is 0. The Morgan fingerprint density at radius 3 is 2.58 bits per heavy atom. The second-order valence-electron chi connectivity index (χ2n) is 2.28. The standard InChI is InChI=1S/C7H8N3O2/c8-6(11)4-2-1-3-5(10-4)7(9)12/h1-4H,(H2,8,11)(H2,9,12). The number of carbonyl (C=O) groups is 2. The van der Waals surface area contributed by atoms with Gasteiger partial charge in [0.1, 0.15) is 11.7 Å². The van der Waals surface area contributed by atoms with Gasteiger partial charge in [-0.15, -0.1) is 0 Å². The van der Waals surface area contributed by atoms with Gasteiger partial charge < -0.3 is 11.5 Å². The van der Waals surface area contributed by atoms with Crippen LogP contribution in [0.2, 0.25) is 0 Å². The number of hydrogen-bond donors (Lipinski definition) is 2. The summed E-state index contributed by atoms with van der Waals surface area (Å²) in [6.07, 6.45) is 4.46. The molecule has 0 aromatic heterocycles. The zero-order valence-corrected chi connectivity index (χ0v) is 6.23. The third-order valence-corrected chi connectivity index (χ3v) is 1.37. The first kappa shape index (κ1) is 8.32. The normalized spacial score (nSPS) is 21.0. The summed E-state index contributed by atoms with van der Waals surface area (Å²) in [5.74, 6) is -1.26. The van der Waals surface area contributed by atoms with E-state index in [1.165, 1.54) is 18.2 Å². The molecule has 1 aliphatic rings. The Kier molecular flexibility index (Phi) is 2.14. The van der Waals surface area contributed by atoms with Crippen LogP contribution >= 0.6 is 0 Å². The van der Waals surface area contributed by atoms with Crippen molar-refractivity contribution in [3.05, 3.63) is 23.9 Å². The average Bonchev–Trinajstić information content (AvgIpc) is 2.04. The van der Waals surface area contributed by atoms with Crippen molar-refractivity contribution in [2.24, 2.45) is 11.5 Å². The van der Waals surface area contributed by atoms with Crippen LogP contribution in [0.5, 0.6) is 0 Å². The van der Waals surface area contributed by atoms with Gasteiger partial charge in [-0.3, -0.25) is 14.9 Å². The van der Waals surface area contributed by atoms with Gasteiger partial charge in [0, 0.05) is 0 Å². The zero-order valence-electron chi connectivity index (χ0n) is 6.23. The summed E-state index contributed by atoms with van der Waals surface area (Å²) < 4.78 is 0. The zero-order chi connectivity index (χ0) is 9.14. The summed E-state index contributed by atoms with van der Waals surface area (Å²) in [6.45, 7) is 0. The van der Waals surface area contributed by atoms with Crippen molar-refractivity contribution in [2.75, 3.05) is 0 Å². The topological polar surface area (TPSA) is 100 Å². The molecule has 1 aliphatic heterocycles. The van der Waals surface area contributed by atoms with Gasteiger partial charge in [0.05, 0.1) is 0 Å². The van der Waals surface area contributed by atoms with Crippen molar-refractivity contribution >= 4 is 11.8 Å². The van der Waals surface area contributed by atoms with Crippen LogP contribution in [0.1, 0.15) is 0 Å². The number of allylic oxidation sites excluding steroid dienone is 2. The third kappa shape index (κ3) is 1.63. The first-order chi connectivity index (χ1) is 5.61. The molecule has 1 rings (SSSR count). The highest BCUT2D eigenvalue weighted by Crippen LogP contribution is 2.03. The van der Waals surface area contributed by atoms with Gasteiger partial charge in [0.25, 0.3) is 5.91 Å². The molecule has 0 saturated carbocycles. The van der Waals surface area contributed by atoms with Gasteiger partial charge in [-0.2, -0.15) is 0 Å². The van der Waals surface area contributed by atoms with Crippen LogP contribution < -0.4 is 16.8 Å². The van der Waals surface area contributed by atoms with E-state index in [4.69, 9.17) is 11.5 Å². The SMILES string of the molecule is NC(=O)C1=CC=CC(C(N)=O)[N]1. The summed E-state index contributed by atoms with van der Waals surface area (Å²) in [5, 5.41) is 3.71. The second-order valence-corrected chi connectivity index (χ2v) is 2.28. The highest BCUT2D eigenvalue weighted by Gasteiger charge is 2.19. The quantitative estimate of drug-likeness (QED) is 0.515. The first-order valence-corrected chi connectivity index (χ1v) is 3.29. The molecular formula is C7H8N3O2. The van der Waals surface area contributed by atoms with Gasteiger partial charge in [0.15, 0.2) is 0 Å². The van der Waals surface area contributed by atoms with Crippen molar-refractivity contribution < 1.29 is 9.59 Å². The Bertz CT molecular complexity index is 280. The minimum Gasteiger partial charge on any atom is -0.368 e. The molecule has 0 aromatic carbocycles. The molecule has 1 atom stereocenters. The van der Waals surface area contributed by atoms with Crippen LogP contribution in [-0.2, 0) is 9.59 Å². The molecule has 0 aliphatic carbocycles. The van der Waals surface area contributed by atoms with E-state index in [0.717, 1.165) is 0 Å². The molecule has 1 heterocycles. The maximum Gasteiger partial charge on any atom is 0.266 e. The molecule has 12 heavy (non-hydrogen) atoms. The fourth-order valence-electron chi connectivity index (χ4n) is 0.792. The van der Waals surface area contributed by atoms with Crippen LogP contribution in [0.15, 0.2) is 23.9 Å². The predicted molar refractivity (Wildman–Crippen MR) is 41.5 cm³/mol. The van der Waals surface area contributed by atoms with Gasteiger partial charge in [-0.25, -0.2) is 0 Å². The van der Waals surface area contributed by atoms with Crippen LogP contribution in [0.25, 0.3) is 0 Å².